The average molecular weight is 563 g/mol. The highest BCUT2D eigenvalue weighted by Gasteiger charge is 2.21. The van der Waals surface area contributed by atoms with Crippen LogP contribution in [0.25, 0.3) is 85.9 Å². The van der Waals surface area contributed by atoms with Gasteiger partial charge in [-0.1, -0.05) is 146 Å². The molecule has 0 spiro atoms. The van der Waals surface area contributed by atoms with Crippen molar-refractivity contribution in [1.29, 1.82) is 0 Å². The lowest BCUT2D eigenvalue weighted by atomic mass is 9.84. The third-order valence-corrected chi connectivity index (χ3v) is 10.1. The van der Waals surface area contributed by atoms with E-state index in [2.05, 4.69) is 158 Å². The van der Waals surface area contributed by atoms with Crippen LogP contribution in [-0.2, 0) is 0 Å². The van der Waals surface area contributed by atoms with E-state index in [1.165, 1.54) is 85.9 Å². The maximum atomic E-state index is 2.39. The molecule has 0 radical (unpaired) electrons. The Kier molecular flexibility index (Phi) is 5.47. The van der Waals surface area contributed by atoms with Crippen molar-refractivity contribution >= 4 is 63.8 Å². The number of fused-ring (bicyclic) bond motifs is 6. The van der Waals surface area contributed by atoms with E-state index in [9.17, 15) is 0 Å². The van der Waals surface area contributed by atoms with Crippen LogP contribution < -0.4 is 0 Å². The first-order valence-corrected chi connectivity index (χ1v) is 15.6. The lowest BCUT2D eigenvalue weighted by molar-refractivity contribution is 1.61. The van der Waals surface area contributed by atoms with Crippen molar-refractivity contribution < 1.29 is 0 Å². The Hall–Kier alpha value is -5.24. The predicted molar refractivity (Wildman–Crippen MR) is 188 cm³/mol. The molecule has 1 heterocycles. The van der Waals surface area contributed by atoms with E-state index in [0.29, 0.717) is 0 Å². The Morgan fingerprint density at radius 1 is 0.302 bits per heavy atom. The van der Waals surface area contributed by atoms with Crippen molar-refractivity contribution in [3.05, 3.63) is 158 Å². The zero-order valence-electron chi connectivity index (χ0n) is 23.4. The Morgan fingerprint density at radius 2 is 0.791 bits per heavy atom. The van der Waals surface area contributed by atoms with Crippen molar-refractivity contribution in [1.82, 2.24) is 0 Å². The second-order valence-corrected chi connectivity index (χ2v) is 12.3. The fourth-order valence-corrected chi connectivity index (χ4v) is 8.19. The van der Waals surface area contributed by atoms with Gasteiger partial charge in [-0.05, 0) is 72.3 Å². The highest BCUT2D eigenvalue weighted by Crippen LogP contribution is 2.50. The van der Waals surface area contributed by atoms with Crippen LogP contribution in [0.3, 0.4) is 0 Å². The predicted octanol–water partition coefficient (Wildman–Crippen LogP) is 12.5. The molecule has 0 N–H and O–H groups in total. The Bertz CT molecular complexity index is 2420. The standard InChI is InChI=1S/C42H26S/c1-2-12-27(13-3-1)28-22-24-29(25-23-28)39-33-17-6-8-19-35(33)40(36-20-9-7-18-34(36)39)41-31-15-5-4-14-30(31)26-37-32-16-10-11-21-38(32)43-42(37)41/h1-26H. The molecule has 9 rings (SSSR count). The number of hydrogen-bond donors (Lipinski definition) is 0. The van der Waals surface area contributed by atoms with Gasteiger partial charge in [0.2, 0.25) is 0 Å². The monoisotopic (exact) mass is 562 g/mol. The summed E-state index contributed by atoms with van der Waals surface area (Å²) in [5.41, 5.74) is 7.67. The number of hydrogen-bond acceptors (Lipinski definition) is 1. The minimum absolute atomic E-state index is 1.23. The van der Waals surface area contributed by atoms with Gasteiger partial charge in [0.1, 0.15) is 0 Å². The molecule has 0 aliphatic heterocycles. The normalized spacial score (nSPS) is 11.7. The summed E-state index contributed by atoms with van der Waals surface area (Å²) in [6.45, 7) is 0. The molecule has 0 aliphatic rings. The third kappa shape index (κ3) is 3.75. The average Bonchev–Trinajstić information content (AvgIpc) is 3.45. The molecular formula is C42H26S. The van der Waals surface area contributed by atoms with Gasteiger partial charge in [-0.25, -0.2) is 0 Å². The van der Waals surface area contributed by atoms with Gasteiger partial charge in [-0.2, -0.15) is 0 Å². The summed E-state index contributed by atoms with van der Waals surface area (Å²) >= 11 is 1.92. The maximum Gasteiger partial charge on any atom is 0.0440 e. The van der Waals surface area contributed by atoms with Crippen molar-refractivity contribution in [2.45, 2.75) is 0 Å². The molecule has 0 amide bonds. The molecule has 0 fully saturated rings. The Labute approximate surface area is 254 Å². The molecule has 1 heteroatoms. The van der Waals surface area contributed by atoms with E-state index in [-0.39, 0.29) is 0 Å². The summed E-state index contributed by atoms with van der Waals surface area (Å²) in [4.78, 5) is 0. The van der Waals surface area contributed by atoms with Gasteiger partial charge in [-0.3, -0.25) is 0 Å². The topological polar surface area (TPSA) is 0 Å². The summed E-state index contributed by atoms with van der Waals surface area (Å²) in [6.07, 6.45) is 0. The molecule has 0 saturated heterocycles. The summed E-state index contributed by atoms with van der Waals surface area (Å²) in [7, 11) is 0. The van der Waals surface area contributed by atoms with Gasteiger partial charge in [0.25, 0.3) is 0 Å². The second-order valence-electron chi connectivity index (χ2n) is 11.2. The molecule has 8 aromatic carbocycles. The van der Waals surface area contributed by atoms with Crippen LogP contribution in [0.1, 0.15) is 0 Å². The molecule has 0 saturated carbocycles. The van der Waals surface area contributed by atoms with Crippen molar-refractivity contribution in [3.8, 4) is 33.4 Å². The van der Waals surface area contributed by atoms with E-state index < -0.39 is 0 Å². The number of benzene rings is 8. The zero-order chi connectivity index (χ0) is 28.3. The van der Waals surface area contributed by atoms with Gasteiger partial charge < -0.3 is 0 Å². The Morgan fingerprint density at radius 3 is 1.47 bits per heavy atom. The summed E-state index contributed by atoms with van der Waals surface area (Å²) < 4.78 is 2.69. The summed E-state index contributed by atoms with van der Waals surface area (Å²) in [5.74, 6) is 0. The fraction of sp³-hybridized carbons (Fsp3) is 0. The lowest BCUT2D eigenvalue weighted by Gasteiger charge is -2.19. The van der Waals surface area contributed by atoms with Crippen LogP contribution in [0.5, 0.6) is 0 Å². The summed E-state index contributed by atoms with van der Waals surface area (Å²) in [6, 6.07) is 57.8. The van der Waals surface area contributed by atoms with Crippen LogP contribution in [0, 0.1) is 0 Å². The van der Waals surface area contributed by atoms with Gasteiger partial charge in [-0.15, -0.1) is 11.3 Å². The van der Waals surface area contributed by atoms with Crippen molar-refractivity contribution in [2.75, 3.05) is 0 Å². The molecule has 0 aliphatic carbocycles. The van der Waals surface area contributed by atoms with Gasteiger partial charge >= 0.3 is 0 Å². The van der Waals surface area contributed by atoms with E-state index >= 15 is 0 Å². The smallest absolute Gasteiger partial charge is 0.0440 e. The first kappa shape index (κ1) is 24.4. The maximum absolute atomic E-state index is 2.39. The highest BCUT2D eigenvalue weighted by molar-refractivity contribution is 7.26. The van der Waals surface area contributed by atoms with Crippen molar-refractivity contribution in [3.63, 3.8) is 0 Å². The molecule has 43 heavy (non-hydrogen) atoms. The van der Waals surface area contributed by atoms with Crippen LogP contribution in [0.15, 0.2) is 158 Å². The molecular weight excluding hydrogens is 537 g/mol. The lowest BCUT2D eigenvalue weighted by Crippen LogP contribution is -1.92. The molecule has 200 valence electrons. The molecule has 9 aromatic rings. The zero-order valence-corrected chi connectivity index (χ0v) is 24.2. The van der Waals surface area contributed by atoms with E-state index in [4.69, 9.17) is 0 Å². The molecule has 1 aromatic heterocycles. The molecule has 0 unspecified atom stereocenters. The molecule has 0 nitrogen and oxygen atoms in total. The Balaban J connectivity index is 1.41. The van der Waals surface area contributed by atoms with Gasteiger partial charge in [0.15, 0.2) is 0 Å². The highest BCUT2D eigenvalue weighted by atomic mass is 32.1. The fourth-order valence-electron chi connectivity index (χ4n) is 6.94. The number of rotatable bonds is 3. The van der Waals surface area contributed by atoms with Gasteiger partial charge in [0.05, 0.1) is 0 Å². The quantitative estimate of drug-likeness (QED) is 0.188. The first-order valence-electron chi connectivity index (χ1n) is 14.8. The minimum Gasteiger partial charge on any atom is -0.135 e. The number of thiophene rings is 1. The van der Waals surface area contributed by atoms with Crippen LogP contribution >= 0.6 is 11.3 Å². The van der Waals surface area contributed by atoms with E-state index in [0.717, 1.165) is 0 Å². The largest absolute Gasteiger partial charge is 0.135 e. The third-order valence-electron chi connectivity index (χ3n) is 8.85. The van der Waals surface area contributed by atoms with E-state index in [1.807, 2.05) is 11.3 Å². The van der Waals surface area contributed by atoms with E-state index in [1.54, 1.807) is 0 Å². The van der Waals surface area contributed by atoms with Crippen LogP contribution in [0.2, 0.25) is 0 Å². The SMILES string of the molecule is c1ccc(-c2ccc(-c3c4ccccc4c(-c4c5ccccc5cc5c4sc4ccccc45)c4ccccc34)cc2)cc1. The second kappa shape index (κ2) is 9.66. The molecule has 0 bridgehead atoms. The summed E-state index contributed by atoms with van der Waals surface area (Å²) in [5, 5.41) is 10.4. The first-order chi connectivity index (χ1) is 21.3. The molecule has 0 atom stereocenters. The minimum atomic E-state index is 1.23. The van der Waals surface area contributed by atoms with Crippen LogP contribution in [-0.4, -0.2) is 0 Å². The van der Waals surface area contributed by atoms with Crippen LogP contribution in [0.4, 0.5) is 0 Å². The van der Waals surface area contributed by atoms with Gasteiger partial charge in [0, 0.05) is 25.7 Å². The van der Waals surface area contributed by atoms with Crippen molar-refractivity contribution in [2.24, 2.45) is 0 Å².